The summed E-state index contributed by atoms with van der Waals surface area (Å²) in [6.45, 7) is 2.30. The molecule has 1 heterocycles. The van der Waals surface area contributed by atoms with E-state index in [4.69, 9.17) is 5.73 Å². The molecule has 0 fully saturated rings. The highest BCUT2D eigenvalue weighted by molar-refractivity contribution is 5.92. The van der Waals surface area contributed by atoms with Gasteiger partial charge in [0.15, 0.2) is 5.96 Å². The molecule has 1 unspecified atom stereocenters. The summed E-state index contributed by atoms with van der Waals surface area (Å²) in [5.74, 6) is 0.288. The maximum absolute atomic E-state index is 10.00. The predicted molar refractivity (Wildman–Crippen MR) is 85.1 cm³/mol. The number of aliphatic imine (C=N–C) groups is 1. The lowest BCUT2D eigenvalue weighted by Crippen LogP contribution is -2.23. The first kappa shape index (κ1) is 15.0. The van der Waals surface area contributed by atoms with E-state index in [2.05, 4.69) is 28.3 Å². The van der Waals surface area contributed by atoms with Gasteiger partial charge >= 0.3 is 0 Å². The maximum atomic E-state index is 10.00. The second-order valence-corrected chi connectivity index (χ2v) is 4.70. The van der Waals surface area contributed by atoms with Crippen molar-refractivity contribution in [3.63, 3.8) is 0 Å². The van der Waals surface area contributed by atoms with Crippen LogP contribution in [0.15, 0.2) is 53.8 Å². The topological polar surface area (TPSA) is 83.5 Å². The molecule has 2 rings (SSSR count). The zero-order valence-corrected chi connectivity index (χ0v) is 12.0. The fraction of sp³-hybridized carbons (Fsp3) is 0.250. The first-order chi connectivity index (χ1) is 10.2. The highest BCUT2D eigenvalue weighted by atomic mass is 16.3. The van der Waals surface area contributed by atoms with Crippen LogP contribution < -0.4 is 11.1 Å². The normalized spacial score (nSPS) is 13.0. The van der Waals surface area contributed by atoms with Crippen molar-refractivity contribution in [2.75, 3.05) is 11.9 Å². The highest BCUT2D eigenvalue weighted by Crippen LogP contribution is 2.12. The van der Waals surface area contributed by atoms with Crippen LogP contribution in [0.5, 0.6) is 0 Å². The Balaban J connectivity index is 1.95. The number of nitrogens with one attached hydrogen (secondary N) is 1. The Labute approximate surface area is 124 Å². The summed E-state index contributed by atoms with van der Waals surface area (Å²) >= 11 is 0. The maximum Gasteiger partial charge on any atom is 0.193 e. The molecule has 0 aliphatic heterocycles. The van der Waals surface area contributed by atoms with E-state index in [1.807, 2.05) is 18.2 Å². The Morgan fingerprint density at radius 3 is 2.81 bits per heavy atom. The molecule has 5 heteroatoms. The molecule has 0 saturated carbocycles. The molecule has 0 radical (unpaired) electrons. The van der Waals surface area contributed by atoms with Gasteiger partial charge in [0.25, 0.3) is 0 Å². The van der Waals surface area contributed by atoms with E-state index in [1.54, 1.807) is 24.5 Å². The molecule has 110 valence electrons. The third-order valence-electron chi connectivity index (χ3n) is 3.13. The van der Waals surface area contributed by atoms with E-state index < -0.39 is 6.10 Å². The van der Waals surface area contributed by atoms with Crippen LogP contribution in [0, 0.1) is 0 Å². The number of pyridine rings is 1. The molecule has 5 nitrogen and oxygen atoms in total. The van der Waals surface area contributed by atoms with E-state index in [0.717, 1.165) is 17.7 Å². The summed E-state index contributed by atoms with van der Waals surface area (Å²) < 4.78 is 0. The van der Waals surface area contributed by atoms with Gasteiger partial charge in [0, 0.05) is 18.1 Å². The quantitative estimate of drug-likeness (QED) is 0.580. The van der Waals surface area contributed by atoms with Gasteiger partial charge in [0.05, 0.1) is 12.6 Å². The number of aromatic nitrogens is 1. The third-order valence-corrected chi connectivity index (χ3v) is 3.13. The number of benzene rings is 1. The molecular formula is C16H20N4O. The van der Waals surface area contributed by atoms with Crippen molar-refractivity contribution in [1.29, 1.82) is 0 Å². The molecule has 4 N–H and O–H groups in total. The van der Waals surface area contributed by atoms with Crippen LogP contribution in [0.25, 0.3) is 0 Å². The number of guanidine groups is 1. The van der Waals surface area contributed by atoms with Crippen LogP contribution in [-0.2, 0) is 6.42 Å². The number of hydrogen-bond donors (Lipinski definition) is 3. The minimum absolute atomic E-state index is 0.205. The predicted octanol–water partition coefficient (Wildman–Crippen LogP) is 2.10. The summed E-state index contributed by atoms with van der Waals surface area (Å²) in [4.78, 5) is 8.08. The Morgan fingerprint density at radius 1 is 1.33 bits per heavy atom. The smallest absolute Gasteiger partial charge is 0.193 e. The number of nitrogens with zero attached hydrogens (tertiary/aromatic N) is 2. The fourth-order valence-electron chi connectivity index (χ4n) is 1.93. The summed E-state index contributed by atoms with van der Waals surface area (Å²) in [5, 5.41) is 13.0. The van der Waals surface area contributed by atoms with Gasteiger partial charge < -0.3 is 16.2 Å². The molecule has 0 saturated heterocycles. The molecule has 0 aliphatic carbocycles. The first-order valence-electron chi connectivity index (χ1n) is 6.93. The molecule has 0 spiro atoms. The molecule has 1 aromatic carbocycles. The number of hydrogen-bond acceptors (Lipinski definition) is 3. The average molecular weight is 284 g/mol. The van der Waals surface area contributed by atoms with E-state index >= 15 is 0 Å². The Morgan fingerprint density at radius 2 is 2.10 bits per heavy atom. The molecule has 21 heavy (non-hydrogen) atoms. The standard InChI is InChI=1S/C16H20N4O/c1-2-12-4-3-5-14(10-12)20-16(17)19-11-15(21)13-6-8-18-9-7-13/h3-10,15,21H,2,11H2,1H3,(H3,17,19,20). The molecule has 1 aromatic heterocycles. The molecule has 0 bridgehead atoms. The number of rotatable bonds is 5. The molecule has 0 aliphatic rings. The van der Waals surface area contributed by atoms with Gasteiger partial charge in [-0.1, -0.05) is 19.1 Å². The van der Waals surface area contributed by atoms with Crippen LogP contribution >= 0.6 is 0 Å². The molecular weight excluding hydrogens is 264 g/mol. The van der Waals surface area contributed by atoms with Crippen molar-refractivity contribution in [2.45, 2.75) is 19.4 Å². The minimum atomic E-state index is -0.685. The van der Waals surface area contributed by atoms with Gasteiger partial charge in [-0.15, -0.1) is 0 Å². The summed E-state index contributed by atoms with van der Waals surface area (Å²) in [6, 6.07) is 11.5. The van der Waals surface area contributed by atoms with Crippen molar-refractivity contribution >= 4 is 11.6 Å². The van der Waals surface area contributed by atoms with Gasteiger partial charge in [0.2, 0.25) is 0 Å². The minimum Gasteiger partial charge on any atom is -0.386 e. The average Bonchev–Trinajstić information content (AvgIpc) is 2.53. The number of aliphatic hydroxyl groups is 1. The van der Waals surface area contributed by atoms with Crippen molar-refractivity contribution in [1.82, 2.24) is 4.98 Å². The summed E-state index contributed by atoms with van der Waals surface area (Å²) in [6.07, 6.45) is 3.56. The number of anilines is 1. The second-order valence-electron chi connectivity index (χ2n) is 4.70. The zero-order chi connectivity index (χ0) is 15.1. The third kappa shape index (κ3) is 4.57. The Bertz CT molecular complexity index is 598. The van der Waals surface area contributed by atoms with E-state index in [0.29, 0.717) is 0 Å². The van der Waals surface area contributed by atoms with Gasteiger partial charge in [-0.2, -0.15) is 0 Å². The van der Waals surface area contributed by atoms with Crippen molar-refractivity contribution in [2.24, 2.45) is 10.7 Å². The lowest BCUT2D eigenvalue weighted by molar-refractivity contribution is 0.187. The Hall–Kier alpha value is -2.40. The van der Waals surface area contributed by atoms with E-state index in [1.165, 1.54) is 5.56 Å². The van der Waals surface area contributed by atoms with Gasteiger partial charge in [-0.25, -0.2) is 0 Å². The van der Waals surface area contributed by atoms with Crippen LogP contribution in [-0.4, -0.2) is 22.6 Å². The zero-order valence-electron chi connectivity index (χ0n) is 12.0. The molecule has 2 aromatic rings. The molecule has 0 amide bonds. The number of nitrogens with two attached hydrogens (primary N) is 1. The van der Waals surface area contributed by atoms with Gasteiger partial charge in [0.1, 0.15) is 0 Å². The van der Waals surface area contributed by atoms with Crippen LogP contribution in [0.4, 0.5) is 5.69 Å². The van der Waals surface area contributed by atoms with Gasteiger partial charge in [-0.3, -0.25) is 9.98 Å². The molecule has 1 atom stereocenters. The monoisotopic (exact) mass is 284 g/mol. The lowest BCUT2D eigenvalue weighted by atomic mass is 10.1. The number of aryl methyl sites for hydroxylation is 1. The van der Waals surface area contributed by atoms with E-state index in [-0.39, 0.29) is 12.5 Å². The van der Waals surface area contributed by atoms with E-state index in [9.17, 15) is 5.11 Å². The first-order valence-corrected chi connectivity index (χ1v) is 6.93. The summed E-state index contributed by atoms with van der Waals surface area (Å²) in [7, 11) is 0. The number of aliphatic hydroxyl groups excluding tert-OH is 1. The summed E-state index contributed by atoms with van der Waals surface area (Å²) in [5.41, 5.74) is 8.74. The van der Waals surface area contributed by atoms with Crippen molar-refractivity contribution < 1.29 is 5.11 Å². The highest BCUT2D eigenvalue weighted by Gasteiger charge is 2.06. The lowest BCUT2D eigenvalue weighted by Gasteiger charge is -2.10. The largest absolute Gasteiger partial charge is 0.386 e. The second kappa shape index (κ2) is 7.40. The van der Waals surface area contributed by atoms with Crippen molar-refractivity contribution in [3.8, 4) is 0 Å². The fourth-order valence-corrected chi connectivity index (χ4v) is 1.93. The van der Waals surface area contributed by atoms with Crippen LogP contribution in [0.3, 0.4) is 0 Å². The van der Waals surface area contributed by atoms with Crippen LogP contribution in [0.1, 0.15) is 24.2 Å². The SMILES string of the molecule is CCc1cccc(NC(N)=NCC(O)c2ccncc2)c1. The van der Waals surface area contributed by atoms with Crippen molar-refractivity contribution in [3.05, 3.63) is 59.9 Å². The van der Waals surface area contributed by atoms with Gasteiger partial charge in [-0.05, 0) is 41.8 Å². The Kier molecular flexibility index (Phi) is 5.29. The van der Waals surface area contributed by atoms with Crippen LogP contribution in [0.2, 0.25) is 0 Å².